The first-order valence-corrected chi connectivity index (χ1v) is 4.59. The van der Waals surface area contributed by atoms with Gasteiger partial charge in [0.15, 0.2) is 0 Å². The fourth-order valence-electron chi connectivity index (χ4n) is 1.40. The Kier molecular flexibility index (Phi) is 3.57. The van der Waals surface area contributed by atoms with Crippen LogP contribution in [0.2, 0.25) is 0 Å². The molecule has 1 unspecified atom stereocenters. The highest BCUT2D eigenvalue weighted by Gasteiger charge is 2.24. The first-order valence-electron chi connectivity index (χ1n) is 4.59. The number of halogens is 2. The molecule has 3 nitrogen and oxygen atoms in total. The molecule has 5 heteroatoms. The van der Waals surface area contributed by atoms with Gasteiger partial charge in [0.1, 0.15) is 0 Å². The Labute approximate surface area is 81.9 Å². The second-order valence-electron chi connectivity index (χ2n) is 3.47. The predicted octanol–water partition coefficient (Wildman–Crippen LogP) is 1.77. The van der Waals surface area contributed by atoms with Gasteiger partial charge in [-0.25, -0.2) is 8.78 Å². The maximum absolute atomic E-state index is 12.6. The van der Waals surface area contributed by atoms with E-state index >= 15 is 0 Å². The van der Waals surface area contributed by atoms with Crippen molar-refractivity contribution in [3.63, 3.8) is 0 Å². The SMILES string of the molecule is CC(C)n1nccc1C(CN)C(F)F. The summed E-state index contributed by atoms with van der Waals surface area (Å²) in [6.07, 6.45) is -0.908. The Morgan fingerprint density at radius 3 is 2.57 bits per heavy atom. The van der Waals surface area contributed by atoms with Gasteiger partial charge in [-0.05, 0) is 19.9 Å². The number of aromatic nitrogens is 2. The van der Waals surface area contributed by atoms with Crippen molar-refractivity contribution in [3.8, 4) is 0 Å². The summed E-state index contributed by atoms with van der Waals surface area (Å²) >= 11 is 0. The van der Waals surface area contributed by atoms with Crippen LogP contribution in [0.3, 0.4) is 0 Å². The summed E-state index contributed by atoms with van der Waals surface area (Å²) in [5, 5.41) is 3.99. The third kappa shape index (κ3) is 2.09. The van der Waals surface area contributed by atoms with Gasteiger partial charge in [-0.15, -0.1) is 0 Å². The third-order valence-corrected chi connectivity index (χ3v) is 2.13. The van der Waals surface area contributed by atoms with E-state index < -0.39 is 12.3 Å². The van der Waals surface area contributed by atoms with Gasteiger partial charge in [-0.3, -0.25) is 4.68 Å². The number of nitrogens with two attached hydrogens (primary N) is 1. The fourth-order valence-corrected chi connectivity index (χ4v) is 1.40. The van der Waals surface area contributed by atoms with Gasteiger partial charge in [-0.2, -0.15) is 5.10 Å². The monoisotopic (exact) mass is 203 g/mol. The molecule has 0 radical (unpaired) electrons. The highest BCUT2D eigenvalue weighted by atomic mass is 19.3. The lowest BCUT2D eigenvalue weighted by Gasteiger charge is -2.17. The normalized spacial score (nSPS) is 13.9. The van der Waals surface area contributed by atoms with E-state index in [9.17, 15) is 8.78 Å². The molecule has 0 aliphatic heterocycles. The number of rotatable bonds is 4. The van der Waals surface area contributed by atoms with Crippen LogP contribution in [0.25, 0.3) is 0 Å². The molecule has 2 N–H and O–H groups in total. The first-order chi connectivity index (χ1) is 6.57. The van der Waals surface area contributed by atoms with E-state index in [1.54, 1.807) is 10.7 Å². The molecule has 80 valence electrons. The average molecular weight is 203 g/mol. The minimum atomic E-state index is -2.44. The van der Waals surface area contributed by atoms with Crippen LogP contribution in [0.5, 0.6) is 0 Å². The number of alkyl halides is 2. The molecule has 0 saturated heterocycles. The van der Waals surface area contributed by atoms with E-state index in [0.717, 1.165) is 0 Å². The second kappa shape index (κ2) is 4.50. The summed E-state index contributed by atoms with van der Waals surface area (Å²) in [4.78, 5) is 0. The predicted molar refractivity (Wildman–Crippen MR) is 50.4 cm³/mol. The van der Waals surface area contributed by atoms with Gasteiger partial charge in [0.05, 0.1) is 5.92 Å². The Bertz CT molecular complexity index is 283. The molecular weight excluding hydrogens is 188 g/mol. The molecule has 0 aromatic carbocycles. The Hall–Kier alpha value is -0.970. The number of hydrogen-bond donors (Lipinski definition) is 1. The van der Waals surface area contributed by atoms with Crippen LogP contribution in [0.15, 0.2) is 12.3 Å². The van der Waals surface area contributed by atoms with Crippen molar-refractivity contribution >= 4 is 0 Å². The van der Waals surface area contributed by atoms with E-state index in [1.807, 2.05) is 13.8 Å². The molecule has 0 fully saturated rings. The minimum absolute atomic E-state index is 0.0594. The third-order valence-electron chi connectivity index (χ3n) is 2.13. The summed E-state index contributed by atoms with van der Waals surface area (Å²) in [5.74, 6) is -0.917. The minimum Gasteiger partial charge on any atom is -0.330 e. The van der Waals surface area contributed by atoms with Crippen molar-refractivity contribution in [2.24, 2.45) is 5.73 Å². The maximum Gasteiger partial charge on any atom is 0.248 e. The van der Waals surface area contributed by atoms with Crippen molar-refractivity contribution in [2.45, 2.75) is 32.2 Å². The van der Waals surface area contributed by atoms with Gasteiger partial charge in [0.2, 0.25) is 6.43 Å². The summed E-state index contributed by atoms with van der Waals surface area (Å²) in [5.41, 5.74) is 5.82. The van der Waals surface area contributed by atoms with Crippen molar-refractivity contribution < 1.29 is 8.78 Å². The Morgan fingerprint density at radius 1 is 1.50 bits per heavy atom. The summed E-state index contributed by atoms with van der Waals surface area (Å²) < 4.78 is 26.8. The molecular formula is C9H15F2N3. The smallest absolute Gasteiger partial charge is 0.248 e. The van der Waals surface area contributed by atoms with Crippen LogP contribution in [-0.4, -0.2) is 22.8 Å². The van der Waals surface area contributed by atoms with Gasteiger partial charge in [-0.1, -0.05) is 0 Å². The zero-order valence-corrected chi connectivity index (χ0v) is 8.32. The van der Waals surface area contributed by atoms with Crippen LogP contribution in [0.1, 0.15) is 31.5 Å². The van der Waals surface area contributed by atoms with Crippen LogP contribution in [0.4, 0.5) is 8.78 Å². The standard InChI is InChI=1S/C9H15F2N3/c1-6(2)14-8(3-4-13-14)7(5-12)9(10)11/h3-4,6-7,9H,5,12H2,1-2H3. The Morgan fingerprint density at radius 2 is 2.14 bits per heavy atom. The van der Waals surface area contributed by atoms with Gasteiger partial charge < -0.3 is 5.73 Å². The molecule has 1 aromatic rings. The lowest BCUT2D eigenvalue weighted by molar-refractivity contribution is 0.112. The van der Waals surface area contributed by atoms with E-state index in [1.165, 1.54) is 6.20 Å². The first kappa shape index (κ1) is 11.1. The summed E-state index contributed by atoms with van der Waals surface area (Å²) in [6.45, 7) is 3.74. The summed E-state index contributed by atoms with van der Waals surface area (Å²) in [6, 6.07) is 1.68. The fraction of sp³-hybridized carbons (Fsp3) is 0.667. The molecule has 1 heterocycles. The van der Waals surface area contributed by atoms with Gasteiger partial charge in [0.25, 0.3) is 0 Å². The molecule has 1 atom stereocenters. The highest BCUT2D eigenvalue weighted by molar-refractivity contribution is 5.10. The summed E-state index contributed by atoms with van der Waals surface area (Å²) in [7, 11) is 0. The molecule has 0 bridgehead atoms. The van der Waals surface area contributed by atoms with Crippen molar-refractivity contribution in [1.82, 2.24) is 9.78 Å². The Balaban J connectivity index is 2.97. The molecule has 1 rings (SSSR count). The molecule has 0 aliphatic carbocycles. The van der Waals surface area contributed by atoms with Crippen molar-refractivity contribution in [2.75, 3.05) is 6.54 Å². The van der Waals surface area contributed by atoms with Crippen LogP contribution >= 0.6 is 0 Å². The van der Waals surface area contributed by atoms with E-state index in [2.05, 4.69) is 5.10 Å². The zero-order valence-electron chi connectivity index (χ0n) is 8.32. The molecule has 1 aromatic heterocycles. The van der Waals surface area contributed by atoms with E-state index in [0.29, 0.717) is 5.69 Å². The quantitative estimate of drug-likeness (QED) is 0.810. The van der Waals surface area contributed by atoms with Crippen molar-refractivity contribution in [3.05, 3.63) is 18.0 Å². The number of nitrogens with zero attached hydrogens (tertiary/aromatic N) is 2. The zero-order chi connectivity index (χ0) is 10.7. The topological polar surface area (TPSA) is 43.8 Å². The number of hydrogen-bond acceptors (Lipinski definition) is 2. The highest BCUT2D eigenvalue weighted by Crippen LogP contribution is 2.23. The van der Waals surface area contributed by atoms with E-state index in [-0.39, 0.29) is 12.6 Å². The van der Waals surface area contributed by atoms with Crippen molar-refractivity contribution in [1.29, 1.82) is 0 Å². The molecule has 0 spiro atoms. The van der Waals surface area contributed by atoms with Crippen LogP contribution in [0, 0.1) is 0 Å². The lowest BCUT2D eigenvalue weighted by atomic mass is 10.1. The largest absolute Gasteiger partial charge is 0.330 e. The van der Waals surface area contributed by atoms with Crippen LogP contribution in [-0.2, 0) is 0 Å². The van der Waals surface area contributed by atoms with Crippen LogP contribution < -0.4 is 5.73 Å². The second-order valence-corrected chi connectivity index (χ2v) is 3.47. The lowest BCUT2D eigenvalue weighted by Crippen LogP contribution is -2.23. The molecule has 0 saturated carbocycles. The maximum atomic E-state index is 12.6. The van der Waals surface area contributed by atoms with E-state index in [4.69, 9.17) is 5.73 Å². The van der Waals surface area contributed by atoms with Gasteiger partial charge >= 0.3 is 0 Å². The molecule has 14 heavy (non-hydrogen) atoms. The molecule has 0 aliphatic rings. The average Bonchev–Trinajstić information content (AvgIpc) is 2.53. The molecule has 0 amide bonds. The van der Waals surface area contributed by atoms with Gasteiger partial charge in [0, 0.05) is 24.5 Å².